The lowest BCUT2D eigenvalue weighted by Crippen LogP contribution is -2.36. The fraction of sp³-hybridized carbons (Fsp3) is 0.412. The first-order valence-electron chi connectivity index (χ1n) is 8.24. The summed E-state index contributed by atoms with van der Waals surface area (Å²) in [7, 11) is 1.79. The Kier molecular flexibility index (Phi) is 5.28. The van der Waals surface area contributed by atoms with E-state index in [4.69, 9.17) is 0 Å². The van der Waals surface area contributed by atoms with Crippen LogP contribution in [0.5, 0.6) is 0 Å². The number of anilines is 2. The number of nitrogens with one attached hydrogen (secondary N) is 1. The van der Waals surface area contributed by atoms with Crippen molar-refractivity contribution in [3.05, 3.63) is 35.9 Å². The van der Waals surface area contributed by atoms with Gasteiger partial charge in [0.15, 0.2) is 0 Å². The Bertz CT molecular complexity index is 749. The third kappa shape index (κ3) is 4.14. The molecule has 132 valence electrons. The van der Waals surface area contributed by atoms with E-state index in [1.54, 1.807) is 16.8 Å². The van der Waals surface area contributed by atoms with Crippen LogP contribution in [0.4, 0.5) is 10.3 Å². The van der Waals surface area contributed by atoms with Crippen LogP contribution >= 0.6 is 11.3 Å². The molecule has 1 aromatic heterocycles. The van der Waals surface area contributed by atoms with Gasteiger partial charge < -0.3 is 10.2 Å². The van der Waals surface area contributed by atoms with Crippen molar-refractivity contribution >= 4 is 33.4 Å². The van der Waals surface area contributed by atoms with Crippen LogP contribution in [0.25, 0.3) is 0 Å². The van der Waals surface area contributed by atoms with Gasteiger partial charge in [0.2, 0.25) is 22.1 Å². The molecule has 0 radical (unpaired) electrons. The Morgan fingerprint density at radius 2 is 2.12 bits per heavy atom. The predicted octanol–water partition coefficient (Wildman–Crippen LogP) is 1.98. The lowest BCUT2D eigenvalue weighted by Gasteiger charge is -2.18. The third-order valence-electron chi connectivity index (χ3n) is 4.09. The van der Waals surface area contributed by atoms with E-state index < -0.39 is 0 Å². The zero-order valence-corrected chi connectivity index (χ0v) is 15.1. The molecule has 0 saturated carbocycles. The Morgan fingerprint density at radius 1 is 1.36 bits per heavy atom. The van der Waals surface area contributed by atoms with Crippen molar-refractivity contribution in [2.45, 2.75) is 25.8 Å². The molecule has 1 saturated heterocycles. The zero-order valence-electron chi connectivity index (χ0n) is 14.3. The summed E-state index contributed by atoms with van der Waals surface area (Å²) >= 11 is 1.33. The molecule has 3 rings (SSSR count). The van der Waals surface area contributed by atoms with Crippen LogP contribution in [0.15, 0.2) is 30.3 Å². The second kappa shape index (κ2) is 7.60. The third-order valence-corrected chi connectivity index (χ3v) is 5.15. The molecule has 7 nitrogen and oxygen atoms in total. The summed E-state index contributed by atoms with van der Waals surface area (Å²) in [5, 5.41) is 12.4. The van der Waals surface area contributed by atoms with Crippen molar-refractivity contribution < 1.29 is 9.59 Å². The molecule has 1 fully saturated rings. The van der Waals surface area contributed by atoms with Crippen LogP contribution in [0.2, 0.25) is 0 Å². The average molecular weight is 359 g/mol. The maximum Gasteiger partial charge on any atom is 0.240 e. The number of rotatable bonds is 6. The van der Waals surface area contributed by atoms with Gasteiger partial charge in [-0.25, -0.2) is 0 Å². The van der Waals surface area contributed by atoms with Crippen molar-refractivity contribution in [1.82, 2.24) is 15.5 Å². The fourth-order valence-corrected chi connectivity index (χ4v) is 3.57. The Hall–Kier alpha value is -2.48. The number of benzene rings is 1. The maximum atomic E-state index is 12.3. The summed E-state index contributed by atoms with van der Waals surface area (Å²) in [6, 6.07) is 9.76. The van der Waals surface area contributed by atoms with Crippen molar-refractivity contribution in [3.8, 4) is 0 Å². The smallest absolute Gasteiger partial charge is 0.240 e. The maximum absolute atomic E-state index is 12.3. The first-order valence-corrected chi connectivity index (χ1v) is 9.05. The summed E-state index contributed by atoms with van der Waals surface area (Å²) in [5.74, 6) is -0.00682. The van der Waals surface area contributed by atoms with Gasteiger partial charge in [-0.1, -0.05) is 41.7 Å². The molecule has 2 aromatic rings. The van der Waals surface area contributed by atoms with E-state index in [0.29, 0.717) is 23.2 Å². The first kappa shape index (κ1) is 17.3. The van der Waals surface area contributed by atoms with Crippen LogP contribution in [-0.4, -0.2) is 42.1 Å². The van der Waals surface area contributed by atoms with Crippen molar-refractivity contribution in [2.24, 2.45) is 0 Å². The molecule has 1 aromatic carbocycles. The van der Waals surface area contributed by atoms with E-state index in [1.807, 2.05) is 37.3 Å². The Balaban J connectivity index is 1.56. The van der Waals surface area contributed by atoms with Gasteiger partial charge in [0, 0.05) is 20.0 Å². The topological polar surface area (TPSA) is 78.4 Å². The Morgan fingerprint density at radius 3 is 2.80 bits per heavy atom. The number of carbonyl (C=O) groups is 2. The summed E-state index contributed by atoms with van der Waals surface area (Å²) in [6.45, 7) is 2.82. The normalized spacial score (nSPS) is 15.3. The molecule has 2 heterocycles. The SMILES string of the molecule is CC(NC(=O)CN(C)c1nnc(N2CCCC2=O)s1)c1ccccc1. The van der Waals surface area contributed by atoms with Crippen molar-refractivity contribution in [1.29, 1.82) is 0 Å². The number of hydrogen-bond acceptors (Lipinski definition) is 6. The largest absolute Gasteiger partial charge is 0.348 e. The summed E-state index contributed by atoms with van der Waals surface area (Å²) in [4.78, 5) is 27.4. The van der Waals surface area contributed by atoms with Gasteiger partial charge in [-0.15, -0.1) is 10.2 Å². The van der Waals surface area contributed by atoms with Gasteiger partial charge in [0.1, 0.15) is 0 Å². The van der Waals surface area contributed by atoms with Gasteiger partial charge in [-0.2, -0.15) is 0 Å². The highest BCUT2D eigenvalue weighted by molar-refractivity contribution is 7.19. The van der Waals surface area contributed by atoms with Crippen molar-refractivity contribution in [3.63, 3.8) is 0 Å². The van der Waals surface area contributed by atoms with Crippen LogP contribution in [0.3, 0.4) is 0 Å². The minimum Gasteiger partial charge on any atom is -0.348 e. The van der Waals surface area contributed by atoms with Crippen LogP contribution in [0.1, 0.15) is 31.4 Å². The van der Waals surface area contributed by atoms with E-state index >= 15 is 0 Å². The lowest BCUT2D eigenvalue weighted by molar-refractivity contribution is -0.120. The monoisotopic (exact) mass is 359 g/mol. The lowest BCUT2D eigenvalue weighted by atomic mass is 10.1. The summed E-state index contributed by atoms with van der Waals surface area (Å²) < 4.78 is 0. The molecule has 8 heteroatoms. The molecule has 0 spiro atoms. The molecular formula is C17H21N5O2S. The molecule has 0 bridgehead atoms. The number of carbonyl (C=O) groups excluding carboxylic acids is 2. The number of aromatic nitrogens is 2. The van der Waals surface area contributed by atoms with Crippen LogP contribution in [-0.2, 0) is 9.59 Å². The molecule has 1 aliphatic heterocycles. The van der Waals surface area contributed by atoms with E-state index in [1.165, 1.54) is 11.3 Å². The zero-order chi connectivity index (χ0) is 17.8. The minimum absolute atomic E-state index is 0.0608. The predicted molar refractivity (Wildman–Crippen MR) is 97.8 cm³/mol. The number of likely N-dealkylation sites (N-methyl/N-ethyl adjacent to an activating group) is 1. The second-order valence-corrected chi connectivity index (χ2v) is 7.01. The highest BCUT2D eigenvalue weighted by Crippen LogP contribution is 2.29. The molecule has 0 aliphatic carbocycles. The second-order valence-electron chi connectivity index (χ2n) is 6.07. The highest BCUT2D eigenvalue weighted by atomic mass is 32.1. The quantitative estimate of drug-likeness (QED) is 0.853. The van der Waals surface area contributed by atoms with Gasteiger partial charge in [-0.05, 0) is 18.9 Å². The molecule has 1 unspecified atom stereocenters. The minimum atomic E-state index is -0.0900. The molecule has 2 amide bonds. The Labute approximate surface area is 150 Å². The van der Waals surface area contributed by atoms with Crippen LogP contribution in [0, 0.1) is 0 Å². The van der Waals surface area contributed by atoms with E-state index in [0.717, 1.165) is 12.0 Å². The van der Waals surface area contributed by atoms with Crippen molar-refractivity contribution in [2.75, 3.05) is 29.9 Å². The average Bonchev–Trinajstić information content (AvgIpc) is 3.24. The molecule has 1 N–H and O–H groups in total. The number of amides is 2. The summed E-state index contributed by atoms with van der Waals surface area (Å²) in [6.07, 6.45) is 1.41. The van der Waals surface area contributed by atoms with Gasteiger partial charge in [-0.3, -0.25) is 14.5 Å². The molecule has 25 heavy (non-hydrogen) atoms. The summed E-state index contributed by atoms with van der Waals surface area (Å²) in [5.41, 5.74) is 1.06. The first-order chi connectivity index (χ1) is 12.0. The van der Waals surface area contributed by atoms with Crippen LogP contribution < -0.4 is 15.1 Å². The number of nitrogens with zero attached hydrogens (tertiary/aromatic N) is 4. The van der Waals surface area contributed by atoms with Gasteiger partial charge in [0.05, 0.1) is 12.6 Å². The van der Waals surface area contributed by atoms with E-state index in [-0.39, 0.29) is 24.4 Å². The van der Waals surface area contributed by atoms with E-state index in [9.17, 15) is 9.59 Å². The highest BCUT2D eigenvalue weighted by Gasteiger charge is 2.25. The van der Waals surface area contributed by atoms with Gasteiger partial charge >= 0.3 is 0 Å². The van der Waals surface area contributed by atoms with Gasteiger partial charge in [0.25, 0.3) is 0 Å². The number of hydrogen-bond donors (Lipinski definition) is 1. The standard InChI is InChI=1S/C17H21N5O2S/c1-12(13-7-4-3-5-8-13)18-14(23)11-21(2)16-19-20-17(25-16)22-10-6-9-15(22)24/h3-5,7-8,12H,6,9-11H2,1-2H3,(H,18,23). The molecule has 1 aliphatic rings. The molecular weight excluding hydrogens is 338 g/mol. The fourth-order valence-electron chi connectivity index (χ4n) is 2.72. The van der Waals surface area contributed by atoms with E-state index in [2.05, 4.69) is 15.5 Å². The molecule has 1 atom stereocenters.